The van der Waals surface area contributed by atoms with Gasteiger partial charge in [-0.3, -0.25) is 4.79 Å². The molecular formula is C27H26N2O5. The maximum Gasteiger partial charge on any atom is 0.249 e. The second-order valence-corrected chi connectivity index (χ2v) is 7.53. The van der Waals surface area contributed by atoms with E-state index in [0.717, 1.165) is 27.6 Å². The van der Waals surface area contributed by atoms with E-state index in [0.29, 0.717) is 35.3 Å². The van der Waals surface area contributed by atoms with Crippen molar-refractivity contribution in [3.05, 3.63) is 72.6 Å². The van der Waals surface area contributed by atoms with E-state index in [-0.39, 0.29) is 5.91 Å². The third-order valence-corrected chi connectivity index (χ3v) is 5.36. The van der Waals surface area contributed by atoms with Gasteiger partial charge in [-0.1, -0.05) is 12.1 Å². The molecule has 0 aliphatic heterocycles. The van der Waals surface area contributed by atoms with Gasteiger partial charge in [0.2, 0.25) is 5.91 Å². The van der Waals surface area contributed by atoms with Crippen molar-refractivity contribution < 1.29 is 23.4 Å². The van der Waals surface area contributed by atoms with Crippen molar-refractivity contribution in [2.75, 3.05) is 26.1 Å². The van der Waals surface area contributed by atoms with Gasteiger partial charge in [0.05, 0.1) is 27.1 Å². The van der Waals surface area contributed by atoms with Gasteiger partial charge in [-0.05, 0) is 55.3 Å². The Balaban J connectivity index is 1.75. The Morgan fingerprint density at radius 2 is 1.88 bits per heavy atom. The number of carbonyl (C=O) groups is 1. The molecule has 2 heterocycles. The molecule has 4 aromatic rings. The van der Waals surface area contributed by atoms with Crippen molar-refractivity contribution >= 4 is 28.3 Å². The number of nitrogens with zero attached hydrogens (tertiary/aromatic N) is 1. The largest absolute Gasteiger partial charge is 0.493 e. The fourth-order valence-corrected chi connectivity index (χ4v) is 3.74. The lowest BCUT2D eigenvalue weighted by Gasteiger charge is -2.12. The smallest absolute Gasteiger partial charge is 0.249 e. The van der Waals surface area contributed by atoms with E-state index >= 15 is 0 Å². The fraction of sp³-hybridized carbons (Fsp3) is 0.185. The lowest BCUT2D eigenvalue weighted by atomic mass is 9.99. The van der Waals surface area contributed by atoms with E-state index in [1.807, 2.05) is 50.2 Å². The number of rotatable bonds is 8. The normalized spacial score (nSPS) is 11.4. The Morgan fingerprint density at radius 3 is 2.59 bits per heavy atom. The van der Waals surface area contributed by atoms with Gasteiger partial charge in [0.15, 0.2) is 11.5 Å². The number of hydrogen-bond acceptors (Lipinski definition) is 6. The van der Waals surface area contributed by atoms with Crippen LogP contribution in [0.4, 0.5) is 5.82 Å². The third kappa shape index (κ3) is 4.73. The van der Waals surface area contributed by atoms with Crippen molar-refractivity contribution in [3.63, 3.8) is 0 Å². The summed E-state index contributed by atoms with van der Waals surface area (Å²) in [6.45, 7) is 4.27. The molecule has 0 aliphatic carbocycles. The van der Waals surface area contributed by atoms with Gasteiger partial charge in [-0.15, -0.1) is 0 Å². The molecule has 0 bridgehead atoms. The van der Waals surface area contributed by atoms with Gasteiger partial charge < -0.3 is 23.9 Å². The molecule has 0 atom stereocenters. The molecule has 2 aromatic carbocycles. The Morgan fingerprint density at radius 1 is 1.06 bits per heavy atom. The average molecular weight is 459 g/mol. The van der Waals surface area contributed by atoms with Gasteiger partial charge in [-0.25, -0.2) is 4.98 Å². The average Bonchev–Trinajstić information content (AvgIpc) is 3.26. The Labute approximate surface area is 198 Å². The molecule has 1 amide bonds. The molecule has 2 aromatic heterocycles. The van der Waals surface area contributed by atoms with E-state index in [4.69, 9.17) is 18.6 Å². The number of fused-ring (bicyclic) bond motifs is 1. The lowest BCUT2D eigenvalue weighted by molar-refractivity contribution is -0.111. The number of allylic oxidation sites excluding steroid dienone is 1. The Hall–Kier alpha value is -4.26. The lowest BCUT2D eigenvalue weighted by Crippen LogP contribution is -2.09. The van der Waals surface area contributed by atoms with Crippen LogP contribution in [0.2, 0.25) is 0 Å². The van der Waals surface area contributed by atoms with Crippen LogP contribution in [0, 0.1) is 0 Å². The van der Waals surface area contributed by atoms with Gasteiger partial charge >= 0.3 is 0 Å². The zero-order valence-electron chi connectivity index (χ0n) is 19.5. The van der Waals surface area contributed by atoms with Crippen molar-refractivity contribution in [1.82, 2.24) is 4.98 Å². The predicted octanol–water partition coefficient (Wildman–Crippen LogP) is 5.95. The molecule has 0 fully saturated rings. The summed E-state index contributed by atoms with van der Waals surface area (Å²) in [5, 5.41) is 3.67. The maximum absolute atomic E-state index is 12.6. The topological polar surface area (TPSA) is 82.8 Å². The molecule has 7 nitrogen and oxygen atoms in total. The number of benzene rings is 2. The molecule has 0 saturated carbocycles. The van der Waals surface area contributed by atoms with Crippen molar-refractivity contribution in [2.45, 2.75) is 13.8 Å². The highest BCUT2D eigenvalue weighted by atomic mass is 16.5. The van der Waals surface area contributed by atoms with E-state index in [9.17, 15) is 4.79 Å². The van der Waals surface area contributed by atoms with Gasteiger partial charge in [0, 0.05) is 34.9 Å². The Kier molecular flexibility index (Phi) is 6.82. The van der Waals surface area contributed by atoms with E-state index in [2.05, 4.69) is 10.3 Å². The van der Waals surface area contributed by atoms with Crippen molar-refractivity contribution in [3.8, 4) is 28.4 Å². The highest BCUT2D eigenvalue weighted by Crippen LogP contribution is 2.40. The quantitative estimate of drug-likeness (QED) is 0.328. The molecule has 1 N–H and O–H groups in total. The summed E-state index contributed by atoms with van der Waals surface area (Å²) in [7, 11) is 3.21. The second kappa shape index (κ2) is 10.1. The van der Waals surface area contributed by atoms with Gasteiger partial charge in [-0.2, -0.15) is 0 Å². The first-order valence-corrected chi connectivity index (χ1v) is 10.8. The summed E-state index contributed by atoms with van der Waals surface area (Å²) in [6.07, 6.45) is 4.87. The first-order valence-electron chi connectivity index (χ1n) is 10.8. The number of carbonyl (C=O) groups excluding carboxylic acids is 1. The zero-order valence-corrected chi connectivity index (χ0v) is 19.5. The number of anilines is 1. The number of nitrogens with one attached hydrogen (secondary N) is 1. The van der Waals surface area contributed by atoms with Crippen LogP contribution in [0.25, 0.3) is 27.7 Å². The molecule has 0 aliphatic rings. The van der Waals surface area contributed by atoms with Gasteiger partial charge in [0.25, 0.3) is 0 Å². The van der Waals surface area contributed by atoms with Gasteiger partial charge in [0.1, 0.15) is 17.2 Å². The van der Waals surface area contributed by atoms with Crippen LogP contribution >= 0.6 is 0 Å². The molecule has 34 heavy (non-hydrogen) atoms. The molecule has 7 heteroatoms. The monoisotopic (exact) mass is 458 g/mol. The van der Waals surface area contributed by atoms with Crippen LogP contribution in [0.15, 0.2) is 71.5 Å². The van der Waals surface area contributed by atoms with Crippen LogP contribution in [0.5, 0.6) is 17.2 Å². The minimum atomic E-state index is -0.272. The third-order valence-electron chi connectivity index (χ3n) is 5.36. The minimum Gasteiger partial charge on any atom is -0.493 e. The number of hydrogen-bond donors (Lipinski definition) is 1. The molecule has 0 saturated heterocycles. The van der Waals surface area contributed by atoms with Crippen LogP contribution in [0.3, 0.4) is 0 Å². The van der Waals surface area contributed by atoms with E-state index in [1.54, 1.807) is 38.8 Å². The number of amides is 1. The molecule has 0 spiro atoms. The molecule has 0 unspecified atom stereocenters. The van der Waals surface area contributed by atoms with E-state index in [1.165, 1.54) is 6.08 Å². The Bertz CT molecular complexity index is 1340. The second-order valence-electron chi connectivity index (χ2n) is 7.53. The molecule has 4 rings (SSSR count). The summed E-state index contributed by atoms with van der Waals surface area (Å²) >= 11 is 0. The number of ether oxygens (including phenoxy) is 3. The molecule has 0 radical (unpaired) electrons. The predicted molar refractivity (Wildman–Crippen MR) is 132 cm³/mol. The summed E-state index contributed by atoms with van der Waals surface area (Å²) in [4.78, 5) is 16.7. The summed E-state index contributed by atoms with van der Waals surface area (Å²) < 4.78 is 22.5. The first-order chi connectivity index (χ1) is 16.5. The highest BCUT2D eigenvalue weighted by Gasteiger charge is 2.16. The van der Waals surface area contributed by atoms with Crippen LogP contribution in [-0.4, -0.2) is 31.7 Å². The molecular weight excluding hydrogens is 432 g/mol. The molecule has 174 valence electrons. The first kappa shape index (κ1) is 22.9. The number of furan rings is 1. The van der Waals surface area contributed by atoms with E-state index < -0.39 is 0 Å². The fourth-order valence-electron chi connectivity index (χ4n) is 3.74. The number of aromatic nitrogens is 1. The van der Waals surface area contributed by atoms with Crippen LogP contribution < -0.4 is 19.5 Å². The zero-order chi connectivity index (χ0) is 24.1. The summed E-state index contributed by atoms with van der Waals surface area (Å²) in [6, 6.07) is 14.9. The van der Waals surface area contributed by atoms with Crippen LogP contribution in [0.1, 0.15) is 19.4 Å². The summed E-state index contributed by atoms with van der Waals surface area (Å²) in [5.74, 6) is 2.13. The standard InChI is InChI=1S/C27H26N2O5/c1-5-33-23-15-24-20(21(16-34-24)18-9-10-22(31-3)25(13-18)32-4)14-19(23)17(2)12-27(30)29-26-8-6-7-11-28-26/h6-16H,5H2,1-4H3,(H,28,29,30)/b17-12+. The van der Waals surface area contributed by atoms with Crippen molar-refractivity contribution in [2.24, 2.45) is 0 Å². The summed E-state index contributed by atoms with van der Waals surface area (Å²) in [5.41, 5.74) is 4.04. The number of methoxy groups -OCH3 is 2. The van der Waals surface area contributed by atoms with Crippen LogP contribution in [-0.2, 0) is 4.79 Å². The SMILES string of the molecule is CCOc1cc2occ(-c3ccc(OC)c(OC)c3)c2cc1/C(C)=C/C(=O)Nc1ccccn1. The van der Waals surface area contributed by atoms with Crippen molar-refractivity contribution in [1.29, 1.82) is 0 Å². The highest BCUT2D eigenvalue weighted by molar-refractivity contribution is 6.05. The minimum absolute atomic E-state index is 0.272. The number of pyridine rings is 1. The maximum atomic E-state index is 12.6.